The quantitative estimate of drug-likeness (QED) is 0.510. The Labute approximate surface area is 238 Å². The Morgan fingerprint density at radius 1 is 0.800 bits per heavy atom. The van der Waals surface area contributed by atoms with Crippen LogP contribution in [0.3, 0.4) is 0 Å². The molecule has 3 aliphatic heterocycles. The number of anilines is 2. The summed E-state index contributed by atoms with van der Waals surface area (Å²) in [5.74, 6) is 1.83. The Kier molecular flexibility index (Phi) is 9.01. The Balaban J connectivity index is 1.10. The van der Waals surface area contributed by atoms with Crippen LogP contribution in [-0.2, 0) is 9.63 Å². The van der Waals surface area contributed by atoms with Crippen molar-refractivity contribution in [3.05, 3.63) is 60.3 Å². The lowest BCUT2D eigenvalue weighted by molar-refractivity contribution is -0.128. The molecule has 1 amide bonds. The first-order chi connectivity index (χ1) is 19.4. The Bertz CT molecular complexity index is 1170. The number of benzene rings is 2. The Morgan fingerprint density at radius 3 is 1.82 bits per heavy atom. The second kappa shape index (κ2) is 12.8. The van der Waals surface area contributed by atoms with E-state index in [9.17, 15) is 4.79 Å². The predicted octanol–water partition coefficient (Wildman–Crippen LogP) is 3.52. The molecule has 40 heavy (non-hydrogen) atoms. The molecule has 0 aromatic heterocycles. The lowest BCUT2D eigenvalue weighted by Gasteiger charge is -2.37. The maximum Gasteiger partial charge on any atom is 0.272 e. The van der Waals surface area contributed by atoms with E-state index in [-0.39, 0.29) is 24.2 Å². The van der Waals surface area contributed by atoms with E-state index in [1.807, 2.05) is 55.2 Å². The SMILES string of the molecule is CC(C)Oc1ccccc1N1CCN(CC2C=C(C(=O)N3CCN(c4ccccc4OC(C)C)CC3)NO2)CC1. The molecule has 216 valence electrons. The molecule has 0 spiro atoms. The average Bonchev–Trinajstić information content (AvgIpc) is 3.42. The van der Waals surface area contributed by atoms with Crippen molar-refractivity contribution in [2.75, 3.05) is 68.7 Å². The molecule has 2 aromatic carbocycles. The minimum atomic E-state index is -0.150. The highest BCUT2D eigenvalue weighted by atomic mass is 16.7. The van der Waals surface area contributed by atoms with E-state index in [4.69, 9.17) is 14.3 Å². The third kappa shape index (κ3) is 6.82. The third-order valence-electron chi connectivity index (χ3n) is 7.42. The van der Waals surface area contributed by atoms with E-state index in [2.05, 4.69) is 52.2 Å². The van der Waals surface area contributed by atoms with Crippen LogP contribution in [0, 0.1) is 0 Å². The van der Waals surface area contributed by atoms with Gasteiger partial charge in [0.25, 0.3) is 5.91 Å². The molecule has 0 radical (unpaired) electrons. The summed E-state index contributed by atoms with van der Waals surface area (Å²) in [5, 5.41) is 0. The fraction of sp³-hybridized carbons (Fsp3) is 0.516. The van der Waals surface area contributed by atoms with Crippen LogP contribution in [0.4, 0.5) is 11.4 Å². The molecule has 0 saturated carbocycles. The van der Waals surface area contributed by atoms with Crippen LogP contribution in [0.5, 0.6) is 11.5 Å². The van der Waals surface area contributed by atoms with Gasteiger partial charge in [0, 0.05) is 58.9 Å². The van der Waals surface area contributed by atoms with Crippen LogP contribution in [0.2, 0.25) is 0 Å². The molecule has 2 aromatic rings. The second-order valence-corrected chi connectivity index (χ2v) is 11.2. The summed E-state index contributed by atoms with van der Waals surface area (Å²) in [4.78, 5) is 28.0. The number of ether oxygens (including phenoxy) is 2. The number of hydrogen-bond donors (Lipinski definition) is 1. The van der Waals surface area contributed by atoms with Gasteiger partial charge in [-0.15, -0.1) is 0 Å². The van der Waals surface area contributed by atoms with Crippen LogP contribution >= 0.6 is 0 Å². The molecule has 3 heterocycles. The van der Waals surface area contributed by atoms with Gasteiger partial charge in [0.15, 0.2) is 0 Å². The number of carbonyl (C=O) groups is 1. The molecule has 1 unspecified atom stereocenters. The van der Waals surface area contributed by atoms with Gasteiger partial charge in [-0.2, -0.15) is 0 Å². The monoisotopic (exact) mass is 549 g/mol. The number of rotatable bonds is 9. The van der Waals surface area contributed by atoms with Crippen molar-refractivity contribution < 1.29 is 19.1 Å². The summed E-state index contributed by atoms with van der Waals surface area (Å²) < 4.78 is 12.0. The number of hydrogen-bond acceptors (Lipinski definition) is 8. The van der Waals surface area contributed by atoms with Gasteiger partial charge in [-0.25, -0.2) is 0 Å². The van der Waals surface area contributed by atoms with E-state index >= 15 is 0 Å². The van der Waals surface area contributed by atoms with Crippen LogP contribution in [0.15, 0.2) is 60.3 Å². The minimum Gasteiger partial charge on any atom is -0.489 e. The highest BCUT2D eigenvalue weighted by Crippen LogP contribution is 2.31. The summed E-state index contributed by atoms with van der Waals surface area (Å²) in [6, 6.07) is 16.4. The number of hydroxylamine groups is 1. The second-order valence-electron chi connectivity index (χ2n) is 11.2. The standard InChI is InChI=1S/C31H43N5O4/c1-23(2)38-29-11-7-5-9-27(29)34-15-13-33(14-16-34)22-25-21-26(32-40-25)31(37)36-19-17-35(18-20-36)28-10-6-8-12-30(28)39-24(3)4/h5-12,21,23-25,32H,13-20,22H2,1-4H3. The molecule has 3 aliphatic rings. The molecule has 0 bridgehead atoms. The van der Waals surface area contributed by atoms with Crippen LogP contribution < -0.4 is 24.8 Å². The number of carbonyl (C=O) groups excluding carboxylic acids is 1. The van der Waals surface area contributed by atoms with Gasteiger partial charge >= 0.3 is 0 Å². The molecule has 0 aliphatic carbocycles. The van der Waals surface area contributed by atoms with Crippen LogP contribution in [0.25, 0.3) is 0 Å². The summed E-state index contributed by atoms with van der Waals surface area (Å²) in [7, 11) is 0. The van der Waals surface area contributed by atoms with Gasteiger partial charge in [-0.05, 0) is 58.0 Å². The Hall–Kier alpha value is -3.43. The van der Waals surface area contributed by atoms with E-state index in [0.717, 1.165) is 68.7 Å². The van der Waals surface area contributed by atoms with Crippen molar-refractivity contribution in [3.63, 3.8) is 0 Å². The minimum absolute atomic E-state index is 0.000411. The zero-order valence-electron chi connectivity index (χ0n) is 24.2. The molecular formula is C31H43N5O4. The maximum atomic E-state index is 13.2. The molecule has 1 N–H and O–H groups in total. The van der Waals surface area contributed by atoms with Crippen LogP contribution in [0.1, 0.15) is 27.7 Å². The van der Waals surface area contributed by atoms with Gasteiger partial charge in [0.05, 0.1) is 23.6 Å². The topological polar surface area (TPSA) is 69.8 Å². The first-order valence-electron chi connectivity index (χ1n) is 14.5. The smallest absolute Gasteiger partial charge is 0.272 e. The van der Waals surface area contributed by atoms with E-state index < -0.39 is 0 Å². The van der Waals surface area contributed by atoms with Crippen molar-refractivity contribution in [3.8, 4) is 11.5 Å². The van der Waals surface area contributed by atoms with Gasteiger partial charge in [0.2, 0.25) is 0 Å². The number of para-hydroxylation sites is 4. The highest BCUT2D eigenvalue weighted by molar-refractivity contribution is 5.93. The maximum absolute atomic E-state index is 13.2. The van der Waals surface area contributed by atoms with Gasteiger partial charge in [0.1, 0.15) is 23.3 Å². The van der Waals surface area contributed by atoms with Gasteiger partial charge in [-0.3, -0.25) is 20.0 Å². The zero-order valence-corrected chi connectivity index (χ0v) is 24.2. The Morgan fingerprint density at radius 2 is 1.30 bits per heavy atom. The van der Waals surface area contributed by atoms with Crippen molar-refractivity contribution in [1.29, 1.82) is 0 Å². The fourth-order valence-corrected chi connectivity index (χ4v) is 5.49. The van der Waals surface area contributed by atoms with E-state index in [1.54, 1.807) is 0 Å². The first kappa shape index (κ1) is 28.1. The van der Waals surface area contributed by atoms with Crippen LogP contribution in [-0.4, -0.2) is 92.9 Å². The summed E-state index contributed by atoms with van der Waals surface area (Å²) in [5.41, 5.74) is 5.69. The van der Waals surface area contributed by atoms with E-state index in [1.165, 1.54) is 0 Å². The molecule has 9 nitrogen and oxygen atoms in total. The molecular weight excluding hydrogens is 506 g/mol. The first-order valence-corrected chi connectivity index (χ1v) is 14.5. The molecule has 5 rings (SSSR count). The van der Waals surface area contributed by atoms with Gasteiger partial charge in [-0.1, -0.05) is 24.3 Å². The van der Waals surface area contributed by atoms with Crippen molar-refractivity contribution in [2.24, 2.45) is 0 Å². The largest absolute Gasteiger partial charge is 0.489 e. The molecule has 2 saturated heterocycles. The predicted molar refractivity (Wildman–Crippen MR) is 158 cm³/mol. The number of nitrogens with zero attached hydrogens (tertiary/aromatic N) is 4. The number of nitrogens with one attached hydrogen (secondary N) is 1. The number of piperazine rings is 2. The highest BCUT2D eigenvalue weighted by Gasteiger charge is 2.30. The molecule has 2 fully saturated rings. The lowest BCUT2D eigenvalue weighted by atomic mass is 10.2. The summed E-state index contributed by atoms with van der Waals surface area (Å²) >= 11 is 0. The molecule has 1 atom stereocenters. The number of amides is 1. The summed E-state index contributed by atoms with van der Waals surface area (Å²) in [6.45, 7) is 15.5. The van der Waals surface area contributed by atoms with Crippen molar-refractivity contribution in [1.82, 2.24) is 15.3 Å². The normalized spacial score (nSPS) is 20.1. The average molecular weight is 550 g/mol. The summed E-state index contributed by atoms with van der Waals surface area (Å²) in [6.07, 6.45) is 2.05. The lowest BCUT2D eigenvalue weighted by Crippen LogP contribution is -2.50. The fourth-order valence-electron chi connectivity index (χ4n) is 5.49. The molecule has 9 heteroatoms. The van der Waals surface area contributed by atoms with Crippen molar-refractivity contribution >= 4 is 17.3 Å². The third-order valence-corrected chi connectivity index (χ3v) is 7.42. The van der Waals surface area contributed by atoms with E-state index in [0.29, 0.717) is 18.8 Å². The van der Waals surface area contributed by atoms with Crippen molar-refractivity contribution in [2.45, 2.75) is 46.0 Å². The van der Waals surface area contributed by atoms with Gasteiger partial charge < -0.3 is 24.2 Å². The zero-order chi connectivity index (χ0) is 28.1.